The van der Waals surface area contributed by atoms with Crippen molar-refractivity contribution in [3.05, 3.63) is 36.3 Å². The molecule has 0 fully saturated rings. The van der Waals surface area contributed by atoms with E-state index in [1.54, 1.807) is 0 Å². The molecule has 0 aromatic carbocycles. The third kappa shape index (κ3) is 2.72. The molecule has 0 saturated heterocycles. The van der Waals surface area contributed by atoms with Crippen molar-refractivity contribution in [1.82, 2.24) is 5.43 Å². The lowest BCUT2D eigenvalue weighted by atomic mass is 10.1. The fourth-order valence-corrected chi connectivity index (χ4v) is 1.36. The number of nitrogens with two attached hydrogens (primary N) is 1. The molecule has 3 heteroatoms. The summed E-state index contributed by atoms with van der Waals surface area (Å²) in [6, 6.07) is 4.06. The van der Waals surface area contributed by atoms with E-state index in [4.69, 9.17) is 10.3 Å². The molecule has 0 bridgehead atoms. The van der Waals surface area contributed by atoms with Crippen LogP contribution in [0.1, 0.15) is 37.3 Å². The summed E-state index contributed by atoms with van der Waals surface area (Å²) in [5.41, 5.74) is 2.75. The van der Waals surface area contributed by atoms with Crippen molar-refractivity contribution < 1.29 is 4.42 Å². The minimum atomic E-state index is 0.0910. The standard InChI is InChI=1S/C11H18N2O/c1-3-5-6-10(13-12)11-8-7-9(4-2)14-11/h3,7-8,10,13H,1,4-6,12H2,2H3. The lowest BCUT2D eigenvalue weighted by Gasteiger charge is -2.11. The van der Waals surface area contributed by atoms with Gasteiger partial charge in [-0.1, -0.05) is 13.0 Å². The van der Waals surface area contributed by atoms with Gasteiger partial charge in [-0.15, -0.1) is 6.58 Å². The molecule has 1 unspecified atom stereocenters. The Kier molecular flexibility index (Phi) is 4.43. The minimum absolute atomic E-state index is 0.0910. The first-order valence-corrected chi connectivity index (χ1v) is 4.97. The van der Waals surface area contributed by atoms with E-state index in [0.717, 1.165) is 30.8 Å². The molecule has 0 amide bonds. The Bertz CT molecular complexity index is 281. The van der Waals surface area contributed by atoms with Gasteiger partial charge >= 0.3 is 0 Å². The Balaban J connectivity index is 2.63. The smallest absolute Gasteiger partial charge is 0.122 e. The van der Waals surface area contributed by atoms with Crippen molar-refractivity contribution in [2.75, 3.05) is 0 Å². The van der Waals surface area contributed by atoms with Crippen LogP contribution in [0.15, 0.2) is 29.2 Å². The highest BCUT2D eigenvalue weighted by molar-refractivity contribution is 5.10. The van der Waals surface area contributed by atoms with E-state index in [9.17, 15) is 0 Å². The van der Waals surface area contributed by atoms with Crippen LogP contribution >= 0.6 is 0 Å². The highest BCUT2D eigenvalue weighted by atomic mass is 16.3. The summed E-state index contributed by atoms with van der Waals surface area (Å²) in [6.45, 7) is 5.75. The van der Waals surface area contributed by atoms with Crippen LogP contribution in [0.2, 0.25) is 0 Å². The molecule has 0 aliphatic rings. The maximum atomic E-state index is 5.61. The maximum absolute atomic E-state index is 5.61. The van der Waals surface area contributed by atoms with Crippen LogP contribution in [0.5, 0.6) is 0 Å². The van der Waals surface area contributed by atoms with E-state index in [1.165, 1.54) is 0 Å². The van der Waals surface area contributed by atoms with E-state index in [2.05, 4.69) is 18.9 Å². The zero-order valence-corrected chi connectivity index (χ0v) is 8.62. The van der Waals surface area contributed by atoms with Gasteiger partial charge in [0.25, 0.3) is 0 Å². The van der Waals surface area contributed by atoms with Crippen molar-refractivity contribution in [3.63, 3.8) is 0 Å². The summed E-state index contributed by atoms with van der Waals surface area (Å²) >= 11 is 0. The van der Waals surface area contributed by atoms with Gasteiger partial charge in [0.05, 0.1) is 6.04 Å². The molecule has 1 aromatic heterocycles. The fraction of sp³-hybridized carbons (Fsp3) is 0.455. The zero-order valence-electron chi connectivity index (χ0n) is 8.62. The van der Waals surface area contributed by atoms with Crippen molar-refractivity contribution in [2.45, 2.75) is 32.2 Å². The predicted molar refractivity (Wildman–Crippen MR) is 57.6 cm³/mol. The molecule has 3 N–H and O–H groups in total. The minimum Gasteiger partial charge on any atom is -0.464 e. The summed E-state index contributed by atoms with van der Waals surface area (Å²) < 4.78 is 5.61. The maximum Gasteiger partial charge on any atom is 0.122 e. The first-order chi connectivity index (χ1) is 6.81. The molecule has 1 heterocycles. The Hall–Kier alpha value is -1.06. The van der Waals surface area contributed by atoms with Gasteiger partial charge in [0.15, 0.2) is 0 Å². The molecule has 1 atom stereocenters. The molecule has 3 nitrogen and oxygen atoms in total. The summed E-state index contributed by atoms with van der Waals surface area (Å²) in [6.07, 6.45) is 4.64. The van der Waals surface area contributed by atoms with Gasteiger partial charge in [-0.3, -0.25) is 5.84 Å². The van der Waals surface area contributed by atoms with Gasteiger partial charge in [-0.2, -0.15) is 0 Å². The average molecular weight is 194 g/mol. The summed E-state index contributed by atoms with van der Waals surface area (Å²) in [5.74, 6) is 7.36. The van der Waals surface area contributed by atoms with Crippen molar-refractivity contribution in [3.8, 4) is 0 Å². The van der Waals surface area contributed by atoms with Gasteiger partial charge in [0.1, 0.15) is 11.5 Å². The largest absolute Gasteiger partial charge is 0.464 e. The SMILES string of the molecule is C=CCCC(NN)c1ccc(CC)o1. The first-order valence-electron chi connectivity index (χ1n) is 4.97. The number of furan rings is 1. The molecule has 78 valence electrons. The molecule has 1 rings (SSSR count). The van der Waals surface area contributed by atoms with Crippen LogP contribution in [-0.2, 0) is 6.42 Å². The molecule has 14 heavy (non-hydrogen) atoms. The third-order valence-corrected chi connectivity index (χ3v) is 2.23. The molecule has 0 saturated carbocycles. The second-order valence-electron chi connectivity index (χ2n) is 3.24. The van der Waals surface area contributed by atoms with Gasteiger partial charge in [0.2, 0.25) is 0 Å². The number of hydrogen-bond acceptors (Lipinski definition) is 3. The Morgan fingerprint density at radius 1 is 1.64 bits per heavy atom. The van der Waals surface area contributed by atoms with Crippen LogP contribution in [0.25, 0.3) is 0 Å². The number of nitrogens with one attached hydrogen (secondary N) is 1. The van der Waals surface area contributed by atoms with E-state index in [-0.39, 0.29) is 6.04 Å². The highest BCUT2D eigenvalue weighted by Gasteiger charge is 2.12. The predicted octanol–water partition coefficient (Wildman–Crippen LogP) is 2.31. The summed E-state index contributed by atoms with van der Waals surface area (Å²) in [7, 11) is 0. The number of aryl methyl sites for hydroxylation is 1. The molecule has 1 aromatic rings. The van der Waals surface area contributed by atoms with Gasteiger partial charge in [0, 0.05) is 6.42 Å². The zero-order chi connectivity index (χ0) is 10.4. The van der Waals surface area contributed by atoms with E-state index >= 15 is 0 Å². The van der Waals surface area contributed by atoms with Crippen LogP contribution in [-0.4, -0.2) is 0 Å². The molecule has 0 radical (unpaired) electrons. The highest BCUT2D eigenvalue weighted by Crippen LogP contribution is 2.20. The number of rotatable bonds is 6. The lowest BCUT2D eigenvalue weighted by Crippen LogP contribution is -2.27. The number of hydrogen-bond donors (Lipinski definition) is 2. The van der Waals surface area contributed by atoms with Gasteiger partial charge in [-0.05, 0) is 25.0 Å². The van der Waals surface area contributed by atoms with E-state index in [1.807, 2.05) is 18.2 Å². The molecule has 0 aliphatic carbocycles. The quantitative estimate of drug-likeness (QED) is 0.415. The molecule has 0 aliphatic heterocycles. The van der Waals surface area contributed by atoms with Crippen molar-refractivity contribution in [2.24, 2.45) is 5.84 Å². The molecular weight excluding hydrogens is 176 g/mol. The average Bonchev–Trinajstić information content (AvgIpc) is 2.68. The second kappa shape index (κ2) is 5.62. The third-order valence-electron chi connectivity index (χ3n) is 2.23. The Morgan fingerprint density at radius 3 is 2.93 bits per heavy atom. The summed E-state index contributed by atoms with van der Waals surface area (Å²) in [4.78, 5) is 0. The van der Waals surface area contributed by atoms with Crippen LogP contribution in [0, 0.1) is 0 Å². The van der Waals surface area contributed by atoms with E-state index in [0.29, 0.717) is 0 Å². The Morgan fingerprint density at radius 2 is 2.43 bits per heavy atom. The number of allylic oxidation sites excluding steroid dienone is 1. The van der Waals surface area contributed by atoms with Crippen LogP contribution in [0.3, 0.4) is 0 Å². The van der Waals surface area contributed by atoms with Crippen molar-refractivity contribution in [1.29, 1.82) is 0 Å². The van der Waals surface area contributed by atoms with Crippen molar-refractivity contribution >= 4 is 0 Å². The lowest BCUT2D eigenvalue weighted by molar-refractivity contribution is 0.385. The first kappa shape index (κ1) is 11.0. The molecular formula is C11H18N2O. The number of hydrazine groups is 1. The monoisotopic (exact) mass is 194 g/mol. The van der Waals surface area contributed by atoms with Crippen LogP contribution in [0.4, 0.5) is 0 Å². The summed E-state index contributed by atoms with van der Waals surface area (Å²) in [5, 5.41) is 0. The fourth-order valence-electron chi connectivity index (χ4n) is 1.36. The van der Waals surface area contributed by atoms with Gasteiger partial charge in [-0.25, -0.2) is 5.43 Å². The van der Waals surface area contributed by atoms with Gasteiger partial charge < -0.3 is 4.42 Å². The topological polar surface area (TPSA) is 51.2 Å². The normalized spacial score (nSPS) is 12.7. The molecule has 0 spiro atoms. The second-order valence-corrected chi connectivity index (χ2v) is 3.24. The van der Waals surface area contributed by atoms with E-state index < -0.39 is 0 Å². The van der Waals surface area contributed by atoms with Crippen LogP contribution < -0.4 is 11.3 Å². The Labute approximate surface area is 85.0 Å².